The minimum absolute atomic E-state index is 0.0487. The average molecular weight is 443 g/mol. The molecule has 1 N–H and O–H groups in total. The summed E-state index contributed by atoms with van der Waals surface area (Å²) < 4.78 is 1.11. The zero-order chi connectivity index (χ0) is 20.3. The lowest BCUT2D eigenvalue weighted by molar-refractivity contribution is -0.127. The van der Waals surface area contributed by atoms with Crippen molar-refractivity contribution in [1.82, 2.24) is 10.2 Å². The molecule has 1 fully saturated rings. The first-order valence-corrected chi connectivity index (χ1v) is 11.0. The van der Waals surface area contributed by atoms with Gasteiger partial charge < -0.3 is 5.32 Å². The van der Waals surface area contributed by atoms with Crippen LogP contribution in [-0.4, -0.2) is 23.9 Å². The molecule has 0 unspecified atom stereocenters. The summed E-state index contributed by atoms with van der Waals surface area (Å²) in [4.78, 5) is 15.3. The van der Waals surface area contributed by atoms with Crippen molar-refractivity contribution in [1.29, 1.82) is 0 Å². The summed E-state index contributed by atoms with van der Waals surface area (Å²) in [6, 6.07) is 13.0. The first-order valence-electron chi connectivity index (χ1n) is 10.2. The lowest BCUT2D eigenvalue weighted by atomic mass is 9.93. The number of hydrogen-bond donors (Lipinski definition) is 1. The van der Waals surface area contributed by atoms with Crippen LogP contribution in [0, 0.1) is 26.7 Å². The van der Waals surface area contributed by atoms with Crippen molar-refractivity contribution >= 4 is 21.8 Å². The molecule has 0 aromatic heterocycles. The van der Waals surface area contributed by atoms with Gasteiger partial charge in [0.1, 0.15) is 0 Å². The predicted octanol–water partition coefficient (Wildman–Crippen LogP) is 5.46. The molecule has 0 aliphatic carbocycles. The van der Waals surface area contributed by atoms with Crippen LogP contribution in [0.3, 0.4) is 0 Å². The Kier molecular flexibility index (Phi) is 6.95. The molecule has 3 nitrogen and oxygen atoms in total. The Hall–Kier alpha value is -1.65. The van der Waals surface area contributed by atoms with Gasteiger partial charge in [0.05, 0.1) is 6.04 Å². The zero-order valence-corrected chi connectivity index (χ0v) is 19.0. The van der Waals surface area contributed by atoms with E-state index in [1.54, 1.807) is 0 Å². The van der Waals surface area contributed by atoms with Gasteiger partial charge in [-0.2, -0.15) is 0 Å². The van der Waals surface area contributed by atoms with Gasteiger partial charge in [-0.25, -0.2) is 0 Å². The van der Waals surface area contributed by atoms with E-state index in [9.17, 15) is 4.79 Å². The number of halogens is 1. The Balaban J connectivity index is 1.52. The third-order valence-electron chi connectivity index (χ3n) is 5.99. The molecule has 0 bridgehead atoms. The van der Waals surface area contributed by atoms with Crippen molar-refractivity contribution in [2.24, 2.45) is 5.92 Å². The molecule has 150 valence electrons. The van der Waals surface area contributed by atoms with E-state index in [0.29, 0.717) is 0 Å². The number of carbonyl (C=O) groups excluding carboxylic acids is 1. The lowest BCUT2D eigenvalue weighted by Gasteiger charge is -2.32. The number of nitrogens with one attached hydrogen (secondary N) is 1. The molecule has 1 aliphatic heterocycles. The molecular weight excluding hydrogens is 412 g/mol. The summed E-state index contributed by atoms with van der Waals surface area (Å²) in [5.41, 5.74) is 6.38. The van der Waals surface area contributed by atoms with Gasteiger partial charge in [-0.3, -0.25) is 9.69 Å². The van der Waals surface area contributed by atoms with E-state index in [2.05, 4.69) is 90.2 Å². The maximum atomic E-state index is 12.8. The molecule has 0 radical (unpaired) electrons. The predicted molar refractivity (Wildman–Crippen MR) is 119 cm³/mol. The van der Waals surface area contributed by atoms with Gasteiger partial charge in [0.2, 0.25) is 5.91 Å². The maximum Gasteiger partial charge on any atom is 0.223 e. The SMILES string of the molecule is Cc1cc(C)c([C@@H](C)NC(=O)C2CCN(Cc3ccc(Br)cc3)CC2)cc1C. The van der Waals surface area contributed by atoms with Crippen LogP contribution >= 0.6 is 15.9 Å². The van der Waals surface area contributed by atoms with Crippen LogP contribution in [0.5, 0.6) is 0 Å². The number of amides is 1. The summed E-state index contributed by atoms with van der Waals surface area (Å²) in [6.07, 6.45) is 1.86. The van der Waals surface area contributed by atoms with E-state index in [0.717, 1.165) is 36.9 Å². The van der Waals surface area contributed by atoms with Gasteiger partial charge in [-0.15, -0.1) is 0 Å². The number of nitrogens with zero attached hydrogens (tertiary/aromatic N) is 1. The molecular formula is C24H31BrN2O. The Morgan fingerprint density at radius 3 is 2.32 bits per heavy atom. The summed E-state index contributed by atoms with van der Waals surface area (Å²) >= 11 is 3.48. The fourth-order valence-corrected chi connectivity index (χ4v) is 4.32. The van der Waals surface area contributed by atoms with Crippen LogP contribution in [0.4, 0.5) is 0 Å². The highest BCUT2D eigenvalue weighted by Crippen LogP contribution is 2.24. The largest absolute Gasteiger partial charge is 0.349 e. The summed E-state index contributed by atoms with van der Waals surface area (Å²) in [7, 11) is 0. The van der Waals surface area contributed by atoms with Gasteiger partial charge in [-0.05, 0) is 93.6 Å². The molecule has 1 heterocycles. The first kappa shape index (κ1) is 21.1. The van der Waals surface area contributed by atoms with E-state index in [4.69, 9.17) is 0 Å². The topological polar surface area (TPSA) is 32.3 Å². The molecule has 2 aromatic carbocycles. The van der Waals surface area contributed by atoms with E-state index >= 15 is 0 Å². The normalized spacial score (nSPS) is 16.8. The molecule has 3 rings (SSSR count). The fourth-order valence-electron chi connectivity index (χ4n) is 4.06. The van der Waals surface area contributed by atoms with Crippen LogP contribution in [0.1, 0.15) is 53.6 Å². The van der Waals surface area contributed by atoms with Crippen LogP contribution in [0.15, 0.2) is 40.9 Å². The molecule has 4 heteroatoms. The van der Waals surface area contributed by atoms with E-state index in [-0.39, 0.29) is 17.9 Å². The monoisotopic (exact) mass is 442 g/mol. The maximum absolute atomic E-state index is 12.8. The van der Waals surface area contributed by atoms with Crippen molar-refractivity contribution in [2.45, 2.75) is 53.1 Å². The number of benzene rings is 2. The van der Waals surface area contributed by atoms with Crippen molar-refractivity contribution < 1.29 is 4.79 Å². The van der Waals surface area contributed by atoms with E-state index in [1.807, 2.05) is 0 Å². The second-order valence-electron chi connectivity index (χ2n) is 8.20. The van der Waals surface area contributed by atoms with Gasteiger partial charge in [0.25, 0.3) is 0 Å². The highest BCUT2D eigenvalue weighted by Gasteiger charge is 2.26. The second-order valence-corrected chi connectivity index (χ2v) is 9.12. The number of rotatable bonds is 5. The summed E-state index contributed by atoms with van der Waals surface area (Å²) in [6.45, 7) is 11.4. The fraction of sp³-hybridized carbons (Fsp3) is 0.458. The smallest absolute Gasteiger partial charge is 0.223 e. The summed E-state index contributed by atoms with van der Waals surface area (Å²) in [5, 5.41) is 3.26. The molecule has 0 spiro atoms. The third kappa shape index (κ3) is 5.24. The highest BCUT2D eigenvalue weighted by atomic mass is 79.9. The molecule has 1 aliphatic rings. The Bertz CT molecular complexity index is 823. The van der Waals surface area contributed by atoms with Crippen LogP contribution in [0.25, 0.3) is 0 Å². The number of piperidine rings is 1. The Morgan fingerprint density at radius 1 is 1.07 bits per heavy atom. The molecule has 2 aromatic rings. The molecule has 0 saturated carbocycles. The number of aryl methyl sites for hydroxylation is 3. The van der Waals surface area contributed by atoms with Gasteiger partial charge >= 0.3 is 0 Å². The summed E-state index contributed by atoms with van der Waals surface area (Å²) in [5.74, 6) is 0.323. The molecule has 1 amide bonds. The molecule has 1 atom stereocenters. The van der Waals surface area contributed by atoms with Crippen molar-refractivity contribution in [3.05, 3.63) is 68.7 Å². The third-order valence-corrected chi connectivity index (χ3v) is 6.51. The van der Waals surface area contributed by atoms with Crippen molar-refractivity contribution in [3.8, 4) is 0 Å². The average Bonchev–Trinajstić information content (AvgIpc) is 2.67. The number of hydrogen-bond acceptors (Lipinski definition) is 2. The Labute approximate surface area is 177 Å². The van der Waals surface area contributed by atoms with Gasteiger partial charge in [0.15, 0.2) is 0 Å². The van der Waals surface area contributed by atoms with Crippen LogP contribution < -0.4 is 5.32 Å². The van der Waals surface area contributed by atoms with Crippen molar-refractivity contribution in [3.63, 3.8) is 0 Å². The van der Waals surface area contributed by atoms with E-state index < -0.39 is 0 Å². The van der Waals surface area contributed by atoms with E-state index in [1.165, 1.54) is 27.8 Å². The quantitative estimate of drug-likeness (QED) is 0.665. The lowest BCUT2D eigenvalue weighted by Crippen LogP contribution is -2.41. The Morgan fingerprint density at radius 2 is 1.68 bits per heavy atom. The van der Waals surface area contributed by atoms with Crippen LogP contribution in [-0.2, 0) is 11.3 Å². The zero-order valence-electron chi connectivity index (χ0n) is 17.4. The second kappa shape index (κ2) is 9.23. The first-order chi connectivity index (χ1) is 13.3. The standard InChI is InChI=1S/C24H31BrN2O/c1-16-13-18(3)23(14-17(16)2)19(4)26-24(28)21-9-11-27(12-10-21)15-20-5-7-22(25)8-6-20/h5-8,13-14,19,21H,9-12,15H2,1-4H3,(H,26,28)/t19-/m1/s1. The minimum Gasteiger partial charge on any atom is -0.349 e. The van der Waals surface area contributed by atoms with Crippen LogP contribution in [0.2, 0.25) is 0 Å². The van der Waals surface area contributed by atoms with Crippen molar-refractivity contribution in [2.75, 3.05) is 13.1 Å². The highest BCUT2D eigenvalue weighted by molar-refractivity contribution is 9.10. The minimum atomic E-state index is 0.0487. The van der Waals surface area contributed by atoms with Gasteiger partial charge in [0, 0.05) is 16.9 Å². The number of likely N-dealkylation sites (tertiary alicyclic amines) is 1. The number of carbonyl (C=O) groups is 1. The molecule has 28 heavy (non-hydrogen) atoms. The van der Waals surface area contributed by atoms with Gasteiger partial charge in [-0.1, -0.05) is 40.2 Å². The molecule has 1 saturated heterocycles.